The quantitative estimate of drug-likeness (QED) is 0.797. The van der Waals surface area contributed by atoms with Gasteiger partial charge in [-0.25, -0.2) is 9.97 Å². The minimum atomic E-state index is 0.616. The third-order valence-corrected chi connectivity index (χ3v) is 4.03. The van der Waals surface area contributed by atoms with Gasteiger partial charge in [0, 0.05) is 49.5 Å². The molecule has 0 aliphatic carbocycles. The lowest BCUT2D eigenvalue weighted by atomic mass is 10.3. The van der Waals surface area contributed by atoms with E-state index in [1.54, 1.807) is 17.5 Å². The van der Waals surface area contributed by atoms with Gasteiger partial charge in [-0.1, -0.05) is 0 Å². The van der Waals surface area contributed by atoms with Gasteiger partial charge in [-0.05, 0) is 12.1 Å². The van der Waals surface area contributed by atoms with Crippen LogP contribution in [0.3, 0.4) is 0 Å². The fraction of sp³-hybridized carbons (Fsp3) is 0.308. The van der Waals surface area contributed by atoms with Crippen LogP contribution in [0.4, 0.5) is 10.9 Å². The molecule has 0 unspecified atom stereocenters. The Bertz CT molecular complexity index is 532. The summed E-state index contributed by atoms with van der Waals surface area (Å²) in [6.07, 6.45) is 4.28. The number of aromatic nitrogens is 2. The van der Waals surface area contributed by atoms with Crippen LogP contribution in [0.5, 0.6) is 0 Å². The molecule has 0 radical (unpaired) electrons. The second-order valence-corrected chi connectivity index (χ2v) is 5.23. The molecule has 5 nitrogen and oxygen atoms in total. The molecule has 0 amide bonds. The Morgan fingerprint density at radius 2 is 1.89 bits per heavy atom. The third-order valence-electron chi connectivity index (χ3n) is 3.20. The normalized spacial score (nSPS) is 15.6. The molecule has 6 heteroatoms. The fourth-order valence-electron chi connectivity index (χ4n) is 2.15. The Morgan fingerprint density at radius 1 is 1.11 bits per heavy atom. The predicted molar refractivity (Wildman–Crippen MR) is 76.2 cm³/mol. The molecule has 1 fully saturated rings. The average molecular weight is 274 g/mol. The molecule has 19 heavy (non-hydrogen) atoms. The number of anilines is 2. The highest BCUT2D eigenvalue weighted by molar-refractivity contribution is 7.13. The summed E-state index contributed by atoms with van der Waals surface area (Å²) in [5.74, 6) is 0.935. The molecule has 1 aliphatic heterocycles. The largest absolute Gasteiger partial charge is 0.353 e. The molecule has 98 valence electrons. The van der Waals surface area contributed by atoms with Crippen LogP contribution in [0.2, 0.25) is 0 Å². The zero-order valence-corrected chi connectivity index (χ0v) is 11.2. The number of piperazine rings is 1. The van der Waals surface area contributed by atoms with Crippen LogP contribution in [0.15, 0.2) is 29.9 Å². The summed E-state index contributed by atoms with van der Waals surface area (Å²) < 4.78 is 0. The molecule has 0 N–H and O–H groups in total. The highest BCUT2D eigenvalue weighted by Crippen LogP contribution is 2.20. The van der Waals surface area contributed by atoms with E-state index in [1.807, 2.05) is 23.7 Å². The van der Waals surface area contributed by atoms with Crippen molar-refractivity contribution < 1.29 is 4.79 Å². The molecule has 1 aliphatic rings. The first-order chi connectivity index (χ1) is 9.36. The molecule has 2 aromatic heterocycles. The van der Waals surface area contributed by atoms with Gasteiger partial charge >= 0.3 is 0 Å². The van der Waals surface area contributed by atoms with Gasteiger partial charge in [-0.2, -0.15) is 0 Å². The van der Waals surface area contributed by atoms with E-state index in [0.717, 1.165) is 43.4 Å². The summed E-state index contributed by atoms with van der Waals surface area (Å²) in [7, 11) is 0. The van der Waals surface area contributed by atoms with Crippen molar-refractivity contribution in [1.82, 2.24) is 9.97 Å². The second-order valence-electron chi connectivity index (χ2n) is 4.36. The summed E-state index contributed by atoms with van der Waals surface area (Å²) in [6.45, 7) is 3.75. The molecule has 0 bridgehead atoms. The number of thiazole rings is 1. The number of carbonyl (C=O) groups is 1. The lowest BCUT2D eigenvalue weighted by Gasteiger charge is -2.35. The molecule has 2 aromatic rings. The van der Waals surface area contributed by atoms with Crippen LogP contribution in [0.25, 0.3) is 0 Å². The smallest absolute Gasteiger partial charge is 0.185 e. The lowest BCUT2D eigenvalue weighted by Crippen LogP contribution is -2.46. The number of aldehydes is 1. The van der Waals surface area contributed by atoms with Crippen LogP contribution in [0, 0.1) is 0 Å². The van der Waals surface area contributed by atoms with E-state index < -0.39 is 0 Å². The molecule has 3 rings (SSSR count). The van der Waals surface area contributed by atoms with E-state index >= 15 is 0 Å². The summed E-state index contributed by atoms with van der Waals surface area (Å²) >= 11 is 1.67. The Morgan fingerprint density at radius 3 is 2.47 bits per heavy atom. The Balaban J connectivity index is 1.64. The fourth-order valence-corrected chi connectivity index (χ4v) is 2.85. The molecular formula is C13H14N4OS. The summed E-state index contributed by atoms with van der Waals surface area (Å²) in [4.78, 5) is 23.8. The van der Waals surface area contributed by atoms with Crippen molar-refractivity contribution in [2.45, 2.75) is 0 Å². The number of pyridine rings is 1. The van der Waals surface area contributed by atoms with E-state index in [9.17, 15) is 4.79 Å². The number of hydrogen-bond donors (Lipinski definition) is 0. The number of nitrogens with zero attached hydrogens (tertiary/aromatic N) is 4. The number of hydrogen-bond acceptors (Lipinski definition) is 6. The van der Waals surface area contributed by atoms with Gasteiger partial charge in [-0.15, -0.1) is 11.3 Å². The topological polar surface area (TPSA) is 49.3 Å². The summed E-state index contributed by atoms with van der Waals surface area (Å²) in [5, 5.41) is 3.09. The van der Waals surface area contributed by atoms with E-state index in [1.165, 1.54) is 0 Å². The van der Waals surface area contributed by atoms with E-state index in [0.29, 0.717) is 5.56 Å². The molecule has 0 saturated carbocycles. The van der Waals surface area contributed by atoms with Gasteiger partial charge in [0.25, 0.3) is 0 Å². The first-order valence-electron chi connectivity index (χ1n) is 6.17. The Hall–Kier alpha value is -1.95. The van der Waals surface area contributed by atoms with E-state index in [-0.39, 0.29) is 0 Å². The van der Waals surface area contributed by atoms with Crippen molar-refractivity contribution in [1.29, 1.82) is 0 Å². The maximum atomic E-state index is 10.6. The van der Waals surface area contributed by atoms with Gasteiger partial charge in [0.1, 0.15) is 5.82 Å². The summed E-state index contributed by atoms with van der Waals surface area (Å²) in [6, 6.07) is 3.71. The minimum absolute atomic E-state index is 0.616. The van der Waals surface area contributed by atoms with Gasteiger partial charge in [-0.3, -0.25) is 4.79 Å². The van der Waals surface area contributed by atoms with E-state index in [4.69, 9.17) is 0 Å². The maximum absolute atomic E-state index is 10.6. The molecular weight excluding hydrogens is 260 g/mol. The van der Waals surface area contributed by atoms with Crippen LogP contribution < -0.4 is 9.80 Å². The van der Waals surface area contributed by atoms with Crippen LogP contribution in [0.1, 0.15) is 10.4 Å². The maximum Gasteiger partial charge on any atom is 0.185 e. The molecule has 1 saturated heterocycles. The SMILES string of the molecule is O=Cc1ccc(N2CCN(c3nccs3)CC2)nc1. The third kappa shape index (κ3) is 2.58. The monoisotopic (exact) mass is 274 g/mol. The molecule has 0 spiro atoms. The minimum Gasteiger partial charge on any atom is -0.353 e. The van der Waals surface area contributed by atoms with Crippen molar-refractivity contribution >= 4 is 28.6 Å². The molecule has 0 aromatic carbocycles. The Kier molecular flexibility index (Phi) is 3.41. The van der Waals surface area contributed by atoms with Crippen molar-refractivity contribution in [2.24, 2.45) is 0 Å². The Labute approximate surface area is 115 Å². The van der Waals surface area contributed by atoms with Gasteiger partial charge < -0.3 is 9.80 Å². The number of rotatable bonds is 3. The van der Waals surface area contributed by atoms with E-state index in [2.05, 4.69) is 19.8 Å². The number of carbonyl (C=O) groups excluding carboxylic acids is 1. The van der Waals surface area contributed by atoms with Crippen molar-refractivity contribution in [3.8, 4) is 0 Å². The van der Waals surface area contributed by atoms with Crippen molar-refractivity contribution in [3.63, 3.8) is 0 Å². The summed E-state index contributed by atoms with van der Waals surface area (Å²) in [5.41, 5.74) is 0.616. The zero-order valence-electron chi connectivity index (χ0n) is 10.4. The van der Waals surface area contributed by atoms with Gasteiger partial charge in [0.2, 0.25) is 0 Å². The predicted octanol–water partition coefficient (Wildman–Crippen LogP) is 1.68. The zero-order chi connectivity index (χ0) is 13.1. The lowest BCUT2D eigenvalue weighted by molar-refractivity contribution is 0.112. The highest BCUT2D eigenvalue weighted by atomic mass is 32.1. The van der Waals surface area contributed by atoms with Crippen LogP contribution >= 0.6 is 11.3 Å². The van der Waals surface area contributed by atoms with Crippen molar-refractivity contribution in [3.05, 3.63) is 35.5 Å². The highest BCUT2D eigenvalue weighted by Gasteiger charge is 2.19. The first-order valence-corrected chi connectivity index (χ1v) is 7.05. The standard InChI is InChI=1S/C13H14N4OS/c18-10-11-1-2-12(15-9-11)16-4-6-17(7-5-16)13-14-3-8-19-13/h1-3,8-10H,4-7H2. The first kappa shape index (κ1) is 12.1. The second kappa shape index (κ2) is 5.36. The molecule has 3 heterocycles. The van der Waals surface area contributed by atoms with Crippen molar-refractivity contribution in [2.75, 3.05) is 36.0 Å². The van der Waals surface area contributed by atoms with Crippen LogP contribution in [-0.2, 0) is 0 Å². The average Bonchev–Trinajstić information content (AvgIpc) is 3.02. The van der Waals surface area contributed by atoms with Gasteiger partial charge in [0.05, 0.1) is 0 Å². The van der Waals surface area contributed by atoms with Crippen LogP contribution in [-0.4, -0.2) is 42.4 Å². The van der Waals surface area contributed by atoms with Gasteiger partial charge in [0.15, 0.2) is 11.4 Å². The molecule has 0 atom stereocenters.